The molecule has 2 rings (SSSR count). The zero-order valence-electron chi connectivity index (χ0n) is 12.8. The lowest BCUT2D eigenvalue weighted by Crippen LogP contribution is -2.47. The van der Waals surface area contributed by atoms with Gasteiger partial charge in [-0.05, 0) is 31.1 Å². The summed E-state index contributed by atoms with van der Waals surface area (Å²) in [6.45, 7) is 9.01. The third kappa shape index (κ3) is 5.31. The number of hydrogen-bond acceptors (Lipinski definition) is 4. The minimum atomic E-state index is -3.13. The molecule has 118 valence electrons. The molecular formula is C14H29N3O2S. The molecule has 1 aliphatic heterocycles. The van der Waals surface area contributed by atoms with Crippen molar-refractivity contribution in [3.8, 4) is 0 Å². The van der Waals surface area contributed by atoms with E-state index in [-0.39, 0.29) is 11.8 Å². The largest absolute Gasteiger partial charge is 0.314 e. The maximum atomic E-state index is 12.1. The lowest BCUT2D eigenvalue weighted by molar-refractivity contribution is 0.218. The third-order valence-corrected chi connectivity index (χ3v) is 5.98. The molecular weight excluding hydrogens is 274 g/mol. The Bertz CT molecular complexity index is 393. The van der Waals surface area contributed by atoms with Gasteiger partial charge in [-0.3, -0.25) is 4.90 Å². The van der Waals surface area contributed by atoms with Gasteiger partial charge in [0.2, 0.25) is 10.0 Å². The van der Waals surface area contributed by atoms with E-state index < -0.39 is 10.0 Å². The second-order valence-electron chi connectivity index (χ2n) is 6.97. The Hall–Kier alpha value is -0.170. The zero-order valence-corrected chi connectivity index (χ0v) is 13.6. The van der Waals surface area contributed by atoms with Gasteiger partial charge in [0.15, 0.2) is 0 Å². The van der Waals surface area contributed by atoms with Gasteiger partial charge in [0, 0.05) is 38.8 Å². The van der Waals surface area contributed by atoms with Gasteiger partial charge in [-0.15, -0.1) is 0 Å². The highest BCUT2D eigenvalue weighted by Crippen LogP contribution is 2.35. The molecule has 0 atom stereocenters. The van der Waals surface area contributed by atoms with E-state index >= 15 is 0 Å². The van der Waals surface area contributed by atoms with E-state index in [0.717, 1.165) is 51.9 Å². The SMILES string of the molecule is CC1(C)CCC(NS(=O)(=O)CCN2CCNCC2)CC1. The van der Waals surface area contributed by atoms with E-state index in [9.17, 15) is 8.42 Å². The van der Waals surface area contributed by atoms with Gasteiger partial charge in [0.25, 0.3) is 0 Å². The molecule has 0 bridgehead atoms. The van der Waals surface area contributed by atoms with Gasteiger partial charge in [0.05, 0.1) is 5.75 Å². The van der Waals surface area contributed by atoms with Crippen molar-refractivity contribution in [3.05, 3.63) is 0 Å². The first kappa shape index (κ1) is 16.2. The quantitative estimate of drug-likeness (QED) is 0.788. The van der Waals surface area contributed by atoms with Gasteiger partial charge in [0.1, 0.15) is 0 Å². The summed E-state index contributed by atoms with van der Waals surface area (Å²) in [6, 6.07) is 0.149. The molecule has 1 saturated heterocycles. The highest BCUT2D eigenvalue weighted by molar-refractivity contribution is 7.89. The predicted octanol–water partition coefficient (Wildman–Crippen LogP) is 0.780. The topological polar surface area (TPSA) is 61.4 Å². The van der Waals surface area contributed by atoms with Crippen LogP contribution >= 0.6 is 0 Å². The first-order chi connectivity index (χ1) is 9.36. The van der Waals surface area contributed by atoms with Gasteiger partial charge >= 0.3 is 0 Å². The number of nitrogens with one attached hydrogen (secondary N) is 2. The fraction of sp³-hybridized carbons (Fsp3) is 1.00. The van der Waals surface area contributed by atoms with Gasteiger partial charge < -0.3 is 5.32 Å². The minimum Gasteiger partial charge on any atom is -0.314 e. The first-order valence-electron chi connectivity index (χ1n) is 7.79. The van der Waals surface area contributed by atoms with Crippen LogP contribution in [0.15, 0.2) is 0 Å². The molecule has 0 amide bonds. The molecule has 0 aromatic heterocycles. The van der Waals surface area contributed by atoms with Crippen LogP contribution in [0, 0.1) is 5.41 Å². The second-order valence-corrected chi connectivity index (χ2v) is 8.84. The van der Waals surface area contributed by atoms with Crippen LogP contribution in [-0.4, -0.2) is 57.8 Å². The van der Waals surface area contributed by atoms with Crippen LogP contribution in [0.2, 0.25) is 0 Å². The third-order valence-electron chi connectivity index (χ3n) is 4.57. The molecule has 0 unspecified atom stereocenters. The molecule has 2 fully saturated rings. The number of sulfonamides is 1. The molecule has 1 aliphatic carbocycles. The molecule has 1 heterocycles. The molecule has 0 spiro atoms. The maximum Gasteiger partial charge on any atom is 0.213 e. The Balaban J connectivity index is 1.73. The van der Waals surface area contributed by atoms with Gasteiger partial charge in [-0.25, -0.2) is 13.1 Å². The van der Waals surface area contributed by atoms with E-state index in [1.807, 2.05) is 0 Å². The van der Waals surface area contributed by atoms with Crippen molar-refractivity contribution in [1.82, 2.24) is 14.9 Å². The number of piperazine rings is 1. The molecule has 0 aromatic carbocycles. The van der Waals surface area contributed by atoms with Crippen molar-refractivity contribution >= 4 is 10.0 Å². The van der Waals surface area contributed by atoms with E-state index in [0.29, 0.717) is 12.0 Å². The van der Waals surface area contributed by atoms with E-state index in [2.05, 4.69) is 28.8 Å². The predicted molar refractivity (Wildman–Crippen MR) is 82.3 cm³/mol. The Labute approximate surface area is 123 Å². The second kappa shape index (κ2) is 6.73. The molecule has 2 N–H and O–H groups in total. The summed E-state index contributed by atoms with van der Waals surface area (Å²) in [6.07, 6.45) is 4.16. The summed E-state index contributed by atoms with van der Waals surface area (Å²) in [5, 5.41) is 3.28. The highest BCUT2D eigenvalue weighted by Gasteiger charge is 2.29. The fourth-order valence-electron chi connectivity index (χ4n) is 3.01. The monoisotopic (exact) mass is 303 g/mol. The van der Waals surface area contributed by atoms with Crippen LogP contribution in [0.25, 0.3) is 0 Å². The van der Waals surface area contributed by atoms with E-state index in [4.69, 9.17) is 0 Å². The normalized spacial score (nSPS) is 25.7. The molecule has 5 nitrogen and oxygen atoms in total. The molecule has 2 aliphatic rings. The lowest BCUT2D eigenvalue weighted by atomic mass is 9.76. The smallest absolute Gasteiger partial charge is 0.213 e. The summed E-state index contributed by atoms with van der Waals surface area (Å²) in [5.74, 6) is 0.229. The fourth-order valence-corrected chi connectivity index (χ4v) is 4.37. The van der Waals surface area contributed by atoms with E-state index in [1.165, 1.54) is 0 Å². The van der Waals surface area contributed by atoms with Crippen LogP contribution in [0.5, 0.6) is 0 Å². The van der Waals surface area contributed by atoms with Crippen molar-refractivity contribution < 1.29 is 8.42 Å². The summed E-state index contributed by atoms with van der Waals surface area (Å²) in [7, 11) is -3.13. The summed E-state index contributed by atoms with van der Waals surface area (Å²) < 4.78 is 27.2. The van der Waals surface area contributed by atoms with Crippen molar-refractivity contribution in [3.63, 3.8) is 0 Å². The molecule has 0 radical (unpaired) electrons. The van der Waals surface area contributed by atoms with Crippen molar-refractivity contribution in [2.45, 2.75) is 45.6 Å². The summed E-state index contributed by atoms with van der Waals surface area (Å²) in [4.78, 5) is 2.22. The minimum absolute atomic E-state index is 0.149. The van der Waals surface area contributed by atoms with Gasteiger partial charge in [-0.2, -0.15) is 0 Å². The number of rotatable bonds is 5. The Kier molecular flexibility index (Phi) is 5.45. The summed E-state index contributed by atoms with van der Waals surface area (Å²) in [5.41, 5.74) is 0.378. The molecule has 20 heavy (non-hydrogen) atoms. The van der Waals surface area contributed by atoms with E-state index in [1.54, 1.807) is 0 Å². The van der Waals surface area contributed by atoms with Crippen LogP contribution in [0.3, 0.4) is 0 Å². The molecule has 0 aromatic rings. The van der Waals surface area contributed by atoms with Gasteiger partial charge in [-0.1, -0.05) is 13.8 Å². The Morgan fingerprint density at radius 1 is 1.20 bits per heavy atom. The van der Waals surface area contributed by atoms with Crippen molar-refractivity contribution in [2.75, 3.05) is 38.5 Å². The number of nitrogens with zero attached hydrogens (tertiary/aromatic N) is 1. The van der Waals surface area contributed by atoms with Crippen LogP contribution in [0.1, 0.15) is 39.5 Å². The maximum absolute atomic E-state index is 12.1. The van der Waals surface area contributed by atoms with Crippen molar-refractivity contribution in [2.24, 2.45) is 5.41 Å². The Morgan fingerprint density at radius 3 is 2.40 bits per heavy atom. The van der Waals surface area contributed by atoms with Crippen LogP contribution < -0.4 is 10.0 Å². The molecule has 1 saturated carbocycles. The lowest BCUT2D eigenvalue weighted by Gasteiger charge is -2.34. The van der Waals surface area contributed by atoms with Crippen LogP contribution in [0.4, 0.5) is 0 Å². The highest BCUT2D eigenvalue weighted by atomic mass is 32.2. The Morgan fingerprint density at radius 2 is 1.80 bits per heavy atom. The first-order valence-corrected chi connectivity index (χ1v) is 9.45. The zero-order chi connectivity index (χ0) is 14.6. The molecule has 6 heteroatoms. The van der Waals surface area contributed by atoms with Crippen molar-refractivity contribution in [1.29, 1.82) is 0 Å². The number of hydrogen-bond donors (Lipinski definition) is 2. The average molecular weight is 303 g/mol. The average Bonchev–Trinajstić information content (AvgIpc) is 2.40. The standard InChI is InChI=1S/C14H29N3O2S/c1-14(2)5-3-13(4-6-14)16-20(18,19)12-11-17-9-7-15-8-10-17/h13,15-16H,3-12H2,1-2H3. The van der Waals surface area contributed by atoms with Crippen LogP contribution in [-0.2, 0) is 10.0 Å². The summed E-state index contributed by atoms with van der Waals surface area (Å²) >= 11 is 0.